The molecule has 2 aromatic carbocycles. The Labute approximate surface area is 167 Å². The molecule has 146 valence electrons. The molecule has 0 aliphatic carbocycles. The van der Waals surface area contributed by atoms with E-state index in [1.165, 1.54) is 11.3 Å². The third kappa shape index (κ3) is 5.43. The second-order valence-corrected chi connectivity index (χ2v) is 6.93. The van der Waals surface area contributed by atoms with E-state index in [2.05, 4.69) is 27.8 Å². The predicted molar refractivity (Wildman–Crippen MR) is 111 cm³/mol. The summed E-state index contributed by atoms with van der Waals surface area (Å²) in [5, 5.41) is 14.7. The number of nitrogens with one attached hydrogen (secondary N) is 2. The van der Waals surface area contributed by atoms with Crippen LogP contribution in [0.1, 0.15) is 19.8 Å². The molecular weight excluding hydrogens is 376 g/mol. The first-order valence-electron chi connectivity index (χ1n) is 8.96. The highest BCUT2D eigenvalue weighted by molar-refractivity contribution is 7.18. The van der Waals surface area contributed by atoms with Gasteiger partial charge in [-0.05, 0) is 42.8 Å². The van der Waals surface area contributed by atoms with Crippen LogP contribution >= 0.6 is 11.3 Å². The Morgan fingerprint density at radius 2 is 1.89 bits per heavy atom. The Balaban J connectivity index is 1.58. The summed E-state index contributed by atoms with van der Waals surface area (Å²) in [6.07, 6.45) is 2.13. The molecule has 0 saturated heterocycles. The van der Waals surface area contributed by atoms with Gasteiger partial charge in [0.2, 0.25) is 5.13 Å². The third-order valence-corrected chi connectivity index (χ3v) is 4.73. The number of methoxy groups -OCH3 is 1. The average Bonchev–Trinajstić information content (AvgIpc) is 3.17. The summed E-state index contributed by atoms with van der Waals surface area (Å²) in [7, 11) is 1.58. The zero-order chi connectivity index (χ0) is 19.8. The van der Waals surface area contributed by atoms with Crippen molar-refractivity contribution in [2.24, 2.45) is 0 Å². The lowest BCUT2D eigenvalue weighted by Gasteiger charge is -2.06. The smallest absolute Gasteiger partial charge is 0.325 e. The van der Waals surface area contributed by atoms with E-state index in [1.807, 2.05) is 24.3 Å². The number of unbranched alkanes of at least 4 members (excludes halogenated alkanes) is 1. The molecule has 8 heteroatoms. The predicted octanol–water partition coefficient (Wildman–Crippen LogP) is 5.04. The highest BCUT2D eigenvalue weighted by Gasteiger charge is 2.10. The molecule has 2 amide bonds. The minimum Gasteiger partial charge on any atom is -0.497 e. The molecule has 2 N–H and O–H groups in total. The van der Waals surface area contributed by atoms with E-state index in [1.54, 1.807) is 31.4 Å². The van der Waals surface area contributed by atoms with Crippen LogP contribution in [0, 0.1) is 0 Å². The van der Waals surface area contributed by atoms with Crippen molar-refractivity contribution in [1.82, 2.24) is 10.2 Å². The van der Waals surface area contributed by atoms with Gasteiger partial charge in [-0.3, -0.25) is 5.32 Å². The van der Waals surface area contributed by atoms with Crippen molar-refractivity contribution >= 4 is 28.2 Å². The lowest BCUT2D eigenvalue weighted by Crippen LogP contribution is -2.19. The lowest BCUT2D eigenvalue weighted by molar-refractivity contribution is 0.262. The Kier molecular flexibility index (Phi) is 6.80. The summed E-state index contributed by atoms with van der Waals surface area (Å²) in [6, 6.07) is 14.4. The highest BCUT2D eigenvalue weighted by atomic mass is 32.1. The molecule has 0 spiro atoms. The number of ether oxygens (including phenoxy) is 2. The minimum absolute atomic E-state index is 0.393. The fourth-order valence-electron chi connectivity index (χ4n) is 2.38. The number of benzene rings is 2. The number of aromatic nitrogens is 2. The number of carbonyl (C=O) groups excluding carboxylic acids is 1. The number of rotatable bonds is 8. The molecule has 0 unspecified atom stereocenters. The van der Waals surface area contributed by atoms with E-state index in [9.17, 15) is 4.79 Å². The normalized spacial score (nSPS) is 10.4. The van der Waals surface area contributed by atoms with Crippen molar-refractivity contribution in [1.29, 1.82) is 0 Å². The van der Waals surface area contributed by atoms with Crippen LogP contribution in [0.2, 0.25) is 0 Å². The summed E-state index contributed by atoms with van der Waals surface area (Å²) >= 11 is 1.30. The van der Waals surface area contributed by atoms with Gasteiger partial charge in [0.25, 0.3) is 0 Å². The molecule has 0 saturated carbocycles. The maximum atomic E-state index is 12.2. The monoisotopic (exact) mass is 398 g/mol. The zero-order valence-electron chi connectivity index (χ0n) is 15.8. The molecule has 0 fully saturated rings. The molecule has 0 aliphatic heterocycles. The standard InChI is InChI=1S/C20H22N4O3S/c1-3-4-12-27-16-10-8-14(9-11-16)18-23-24-20(28-18)22-19(25)21-15-6-5-7-17(13-15)26-2/h5-11,13H,3-4,12H2,1-2H3,(H2,21,22,24,25). The van der Waals surface area contributed by atoms with Gasteiger partial charge < -0.3 is 14.8 Å². The summed E-state index contributed by atoms with van der Waals surface area (Å²) in [5.74, 6) is 1.50. The largest absolute Gasteiger partial charge is 0.497 e. The highest BCUT2D eigenvalue weighted by Crippen LogP contribution is 2.28. The molecule has 3 rings (SSSR count). The number of urea groups is 1. The maximum absolute atomic E-state index is 12.2. The van der Waals surface area contributed by atoms with E-state index in [0.29, 0.717) is 23.2 Å². The van der Waals surface area contributed by atoms with Gasteiger partial charge in [0, 0.05) is 17.3 Å². The summed E-state index contributed by atoms with van der Waals surface area (Å²) in [6.45, 7) is 2.84. The van der Waals surface area contributed by atoms with Crippen LogP contribution in [-0.4, -0.2) is 29.9 Å². The first-order valence-corrected chi connectivity index (χ1v) is 9.78. The van der Waals surface area contributed by atoms with Gasteiger partial charge in [-0.15, -0.1) is 10.2 Å². The number of amides is 2. The van der Waals surface area contributed by atoms with Crippen molar-refractivity contribution in [2.45, 2.75) is 19.8 Å². The fourth-order valence-corrected chi connectivity index (χ4v) is 3.12. The topological polar surface area (TPSA) is 85.4 Å². The van der Waals surface area contributed by atoms with Gasteiger partial charge in [0.1, 0.15) is 16.5 Å². The number of anilines is 2. The number of hydrogen-bond donors (Lipinski definition) is 2. The van der Waals surface area contributed by atoms with Crippen molar-refractivity contribution in [3.63, 3.8) is 0 Å². The van der Waals surface area contributed by atoms with Gasteiger partial charge in [-0.1, -0.05) is 30.7 Å². The Morgan fingerprint density at radius 3 is 2.64 bits per heavy atom. The van der Waals surface area contributed by atoms with Crippen molar-refractivity contribution < 1.29 is 14.3 Å². The zero-order valence-corrected chi connectivity index (χ0v) is 16.6. The number of hydrogen-bond acceptors (Lipinski definition) is 6. The van der Waals surface area contributed by atoms with Gasteiger partial charge in [0.15, 0.2) is 0 Å². The van der Waals surface area contributed by atoms with Crippen molar-refractivity contribution in [3.8, 4) is 22.1 Å². The summed E-state index contributed by atoms with van der Waals surface area (Å²) in [5.41, 5.74) is 1.54. The molecule has 1 heterocycles. The van der Waals surface area contributed by atoms with E-state index in [-0.39, 0.29) is 0 Å². The van der Waals surface area contributed by atoms with Crippen LogP contribution < -0.4 is 20.1 Å². The van der Waals surface area contributed by atoms with Gasteiger partial charge in [-0.25, -0.2) is 4.79 Å². The molecule has 0 bridgehead atoms. The Bertz CT molecular complexity index is 912. The molecule has 7 nitrogen and oxygen atoms in total. The van der Waals surface area contributed by atoms with Crippen LogP contribution in [0.3, 0.4) is 0 Å². The van der Waals surface area contributed by atoms with Crippen LogP contribution in [-0.2, 0) is 0 Å². The second kappa shape index (κ2) is 9.70. The molecule has 0 atom stereocenters. The van der Waals surface area contributed by atoms with Crippen LogP contribution in [0.25, 0.3) is 10.6 Å². The van der Waals surface area contributed by atoms with Gasteiger partial charge >= 0.3 is 6.03 Å². The molecule has 28 heavy (non-hydrogen) atoms. The third-order valence-electron chi connectivity index (χ3n) is 3.84. The second-order valence-electron chi connectivity index (χ2n) is 5.95. The summed E-state index contributed by atoms with van der Waals surface area (Å²) < 4.78 is 10.8. The molecule has 1 aromatic heterocycles. The summed E-state index contributed by atoms with van der Waals surface area (Å²) in [4.78, 5) is 12.2. The first kappa shape index (κ1) is 19.6. The van der Waals surface area contributed by atoms with Crippen molar-refractivity contribution in [3.05, 3.63) is 48.5 Å². The number of nitrogens with zero attached hydrogens (tertiary/aromatic N) is 2. The van der Waals surface area contributed by atoms with Crippen LogP contribution in [0.15, 0.2) is 48.5 Å². The van der Waals surface area contributed by atoms with E-state index >= 15 is 0 Å². The Hall–Kier alpha value is -3.13. The van der Waals surface area contributed by atoms with E-state index in [4.69, 9.17) is 9.47 Å². The van der Waals surface area contributed by atoms with E-state index < -0.39 is 6.03 Å². The average molecular weight is 398 g/mol. The molecule has 0 radical (unpaired) electrons. The van der Waals surface area contributed by atoms with Crippen LogP contribution in [0.5, 0.6) is 11.5 Å². The quantitative estimate of drug-likeness (QED) is 0.520. The van der Waals surface area contributed by atoms with Gasteiger partial charge in [-0.2, -0.15) is 0 Å². The first-order chi connectivity index (χ1) is 13.7. The molecule has 0 aliphatic rings. The lowest BCUT2D eigenvalue weighted by atomic mass is 10.2. The van der Waals surface area contributed by atoms with Crippen molar-refractivity contribution in [2.75, 3.05) is 24.4 Å². The minimum atomic E-state index is -0.393. The SMILES string of the molecule is CCCCOc1ccc(-c2nnc(NC(=O)Nc3cccc(OC)c3)s2)cc1. The van der Waals surface area contributed by atoms with E-state index in [0.717, 1.165) is 29.2 Å². The maximum Gasteiger partial charge on any atom is 0.325 e. The van der Waals surface area contributed by atoms with Crippen LogP contribution in [0.4, 0.5) is 15.6 Å². The molecular formula is C20H22N4O3S. The Morgan fingerprint density at radius 1 is 1.07 bits per heavy atom. The molecule has 3 aromatic rings. The fraction of sp³-hybridized carbons (Fsp3) is 0.250. The van der Waals surface area contributed by atoms with Gasteiger partial charge in [0.05, 0.1) is 13.7 Å². The number of carbonyl (C=O) groups is 1.